The smallest absolute Gasteiger partial charge is 0.290 e. The van der Waals surface area contributed by atoms with Gasteiger partial charge in [0.2, 0.25) is 5.91 Å². The first-order valence-electron chi connectivity index (χ1n) is 11.2. The molecule has 1 aromatic rings. The molecule has 0 aromatic carbocycles. The van der Waals surface area contributed by atoms with Crippen molar-refractivity contribution >= 4 is 12.4 Å². The topological polar surface area (TPSA) is 108 Å². The third-order valence-corrected chi connectivity index (χ3v) is 6.99. The average Bonchev–Trinajstić information content (AvgIpc) is 3.06. The zero-order valence-electron chi connectivity index (χ0n) is 18.7. The molecule has 4 rings (SSSR count). The number of nitrogens with zero attached hydrogens (tertiary/aromatic N) is 4. The number of aliphatic hydroxyl groups is 1. The number of likely N-dealkylation sites (tertiary alicyclic amines) is 2. The second-order valence-corrected chi connectivity index (χ2v) is 9.21. The second kappa shape index (κ2) is 10.6. The summed E-state index contributed by atoms with van der Waals surface area (Å²) < 4.78 is 7.29. The van der Waals surface area contributed by atoms with E-state index in [1.54, 1.807) is 4.68 Å². The van der Waals surface area contributed by atoms with Crippen LogP contribution >= 0.6 is 0 Å². The molecule has 1 unspecified atom stereocenters. The minimum absolute atomic E-state index is 0.150. The van der Waals surface area contributed by atoms with Crippen molar-refractivity contribution < 1.29 is 24.5 Å². The van der Waals surface area contributed by atoms with Crippen LogP contribution in [0, 0.1) is 12.3 Å². The first-order chi connectivity index (χ1) is 14.9. The standard InChI is InChI=1S/C21H34N4O3.CH2O2/c1-16-17(13-23(2)22-16)11-20(27)24-7-5-21(6-8-24)12-19(26)14-25(15-21)18-3-9-28-10-4-18;2-1-3/h13,18-19,26H,3-12,14-15H2,1-2H3;1H,(H,2,3). The molecule has 0 radical (unpaired) electrons. The van der Waals surface area contributed by atoms with Crippen molar-refractivity contribution in [3.63, 3.8) is 0 Å². The fourth-order valence-electron chi connectivity index (χ4n) is 5.41. The Labute approximate surface area is 184 Å². The van der Waals surface area contributed by atoms with Crippen LogP contribution in [-0.4, -0.2) is 93.7 Å². The molecule has 3 aliphatic rings. The molecular formula is C22H36N4O5. The zero-order valence-corrected chi connectivity index (χ0v) is 18.7. The predicted octanol–water partition coefficient (Wildman–Crippen LogP) is 0.826. The van der Waals surface area contributed by atoms with Crippen LogP contribution in [0.5, 0.6) is 0 Å². The molecule has 1 aromatic heterocycles. The van der Waals surface area contributed by atoms with Gasteiger partial charge in [-0.25, -0.2) is 0 Å². The maximum Gasteiger partial charge on any atom is 0.290 e. The minimum Gasteiger partial charge on any atom is -0.483 e. The van der Waals surface area contributed by atoms with Crippen LogP contribution in [0.2, 0.25) is 0 Å². The SMILES string of the molecule is Cc1nn(C)cc1CC(=O)N1CCC2(CC1)CC(O)CN(C1CCOCC1)C2.O=CO. The lowest BCUT2D eigenvalue weighted by Crippen LogP contribution is -2.57. The van der Waals surface area contributed by atoms with Gasteiger partial charge in [0.25, 0.3) is 6.47 Å². The quantitative estimate of drug-likeness (QED) is 0.676. The number of piperidine rings is 2. The number of carbonyl (C=O) groups excluding carboxylic acids is 1. The van der Waals surface area contributed by atoms with Crippen molar-refractivity contribution in [3.05, 3.63) is 17.5 Å². The third kappa shape index (κ3) is 6.05. The fraction of sp³-hybridized carbons (Fsp3) is 0.773. The van der Waals surface area contributed by atoms with Gasteiger partial charge in [-0.3, -0.25) is 19.2 Å². The lowest BCUT2D eigenvalue weighted by atomic mass is 9.71. The molecule has 1 amide bonds. The van der Waals surface area contributed by atoms with E-state index < -0.39 is 0 Å². The number of amides is 1. The molecule has 0 saturated carbocycles. The van der Waals surface area contributed by atoms with Gasteiger partial charge >= 0.3 is 0 Å². The highest BCUT2D eigenvalue weighted by molar-refractivity contribution is 5.79. The average molecular weight is 437 g/mol. The Kier molecular flexibility index (Phi) is 8.07. The zero-order chi connectivity index (χ0) is 22.4. The van der Waals surface area contributed by atoms with Gasteiger partial charge < -0.3 is 19.8 Å². The Morgan fingerprint density at radius 1 is 1.32 bits per heavy atom. The fourth-order valence-corrected chi connectivity index (χ4v) is 5.41. The Morgan fingerprint density at radius 2 is 1.97 bits per heavy atom. The molecule has 1 spiro atoms. The van der Waals surface area contributed by atoms with Crippen LogP contribution in [0.15, 0.2) is 6.20 Å². The van der Waals surface area contributed by atoms with E-state index in [9.17, 15) is 9.90 Å². The molecule has 174 valence electrons. The Morgan fingerprint density at radius 3 is 2.55 bits per heavy atom. The van der Waals surface area contributed by atoms with Gasteiger partial charge in [0, 0.05) is 64.2 Å². The Balaban J connectivity index is 0.000000858. The molecule has 31 heavy (non-hydrogen) atoms. The first kappa shape index (κ1) is 23.7. The summed E-state index contributed by atoms with van der Waals surface area (Å²) in [5, 5.41) is 21.8. The molecular weight excluding hydrogens is 400 g/mol. The van der Waals surface area contributed by atoms with E-state index in [1.165, 1.54) is 0 Å². The van der Waals surface area contributed by atoms with E-state index in [-0.39, 0.29) is 23.9 Å². The van der Waals surface area contributed by atoms with Crippen molar-refractivity contribution in [3.8, 4) is 0 Å². The molecule has 9 nitrogen and oxygen atoms in total. The molecule has 3 fully saturated rings. The molecule has 4 heterocycles. The number of aliphatic hydroxyl groups excluding tert-OH is 1. The van der Waals surface area contributed by atoms with E-state index in [4.69, 9.17) is 14.6 Å². The number of hydrogen-bond acceptors (Lipinski definition) is 6. The molecule has 9 heteroatoms. The van der Waals surface area contributed by atoms with Gasteiger partial charge in [-0.15, -0.1) is 0 Å². The van der Waals surface area contributed by atoms with Gasteiger partial charge in [0.05, 0.1) is 18.2 Å². The molecule has 3 saturated heterocycles. The summed E-state index contributed by atoms with van der Waals surface area (Å²) >= 11 is 0. The van der Waals surface area contributed by atoms with Crippen LogP contribution in [0.25, 0.3) is 0 Å². The number of β-amino-alcohol motifs (C(OH)–C–C–N with tert-alkyl or cyclic N) is 1. The van der Waals surface area contributed by atoms with Crippen LogP contribution in [-0.2, 0) is 27.8 Å². The Bertz CT molecular complexity index is 738. The van der Waals surface area contributed by atoms with Gasteiger partial charge in [-0.1, -0.05) is 0 Å². The highest BCUT2D eigenvalue weighted by atomic mass is 16.5. The first-order valence-corrected chi connectivity index (χ1v) is 11.2. The summed E-state index contributed by atoms with van der Waals surface area (Å²) in [5.74, 6) is 0.198. The largest absolute Gasteiger partial charge is 0.483 e. The summed E-state index contributed by atoms with van der Waals surface area (Å²) in [6.07, 6.45) is 7.11. The van der Waals surface area contributed by atoms with Crippen LogP contribution in [0.4, 0.5) is 0 Å². The number of rotatable bonds is 3. The maximum atomic E-state index is 12.8. The summed E-state index contributed by atoms with van der Waals surface area (Å²) in [7, 11) is 1.89. The van der Waals surface area contributed by atoms with Gasteiger partial charge in [0.1, 0.15) is 0 Å². The molecule has 2 N–H and O–H groups in total. The van der Waals surface area contributed by atoms with Crippen LogP contribution in [0.3, 0.4) is 0 Å². The number of ether oxygens (including phenoxy) is 1. The summed E-state index contributed by atoms with van der Waals surface area (Å²) in [6, 6.07) is 0.536. The van der Waals surface area contributed by atoms with Crippen molar-refractivity contribution in [2.75, 3.05) is 39.4 Å². The van der Waals surface area contributed by atoms with Crippen LogP contribution in [0.1, 0.15) is 43.4 Å². The van der Waals surface area contributed by atoms with Crippen molar-refractivity contribution in [1.82, 2.24) is 19.6 Å². The lowest BCUT2D eigenvalue weighted by Gasteiger charge is -2.51. The van der Waals surface area contributed by atoms with Gasteiger partial charge in [-0.05, 0) is 44.4 Å². The Hall–Kier alpha value is -1.97. The van der Waals surface area contributed by atoms with Crippen molar-refractivity contribution in [2.45, 2.75) is 57.6 Å². The van der Waals surface area contributed by atoms with Crippen molar-refractivity contribution in [1.29, 1.82) is 0 Å². The van der Waals surface area contributed by atoms with E-state index in [2.05, 4.69) is 10.00 Å². The molecule has 0 aliphatic carbocycles. The number of aryl methyl sites for hydroxylation is 2. The monoisotopic (exact) mass is 436 g/mol. The van der Waals surface area contributed by atoms with Crippen LogP contribution < -0.4 is 0 Å². The van der Waals surface area contributed by atoms with Gasteiger partial charge in [-0.2, -0.15) is 5.10 Å². The highest BCUT2D eigenvalue weighted by Gasteiger charge is 2.43. The van der Waals surface area contributed by atoms with E-state index in [0.717, 1.165) is 82.8 Å². The number of aromatic nitrogens is 2. The lowest BCUT2D eigenvalue weighted by molar-refractivity contribution is -0.135. The molecule has 3 aliphatic heterocycles. The normalized spacial score (nSPS) is 24.5. The van der Waals surface area contributed by atoms with E-state index >= 15 is 0 Å². The van der Waals surface area contributed by atoms with Crippen molar-refractivity contribution in [2.24, 2.45) is 12.5 Å². The summed E-state index contributed by atoms with van der Waals surface area (Å²) in [5.41, 5.74) is 2.11. The maximum absolute atomic E-state index is 12.8. The highest BCUT2D eigenvalue weighted by Crippen LogP contribution is 2.41. The second-order valence-electron chi connectivity index (χ2n) is 9.21. The number of hydrogen-bond donors (Lipinski definition) is 2. The number of carboxylic acid groups (broad SMARTS) is 1. The molecule has 1 atom stereocenters. The minimum atomic E-state index is -0.253. The summed E-state index contributed by atoms with van der Waals surface area (Å²) in [4.78, 5) is 25.7. The predicted molar refractivity (Wildman–Crippen MR) is 115 cm³/mol. The third-order valence-electron chi connectivity index (χ3n) is 6.99. The number of carbonyl (C=O) groups is 2. The molecule has 0 bridgehead atoms. The van der Waals surface area contributed by atoms with Gasteiger partial charge in [0.15, 0.2) is 0 Å². The summed E-state index contributed by atoms with van der Waals surface area (Å²) in [6.45, 7) is 6.81. The van der Waals surface area contributed by atoms with E-state index in [1.807, 2.05) is 25.1 Å². The van der Waals surface area contributed by atoms with E-state index in [0.29, 0.717) is 12.5 Å².